The van der Waals surface area contributed by atoms with E-state index in [0.29, 0.717) is 11.1 Å². The van der Waals surface area contributed by atoms with E-state index in [2.05, 4.69) is 6.58 Å². The van der Waals surface area contributed by atoms with Gasteiger partial charge in [0.2, 0.25) is 0 Å². The molecular weight excluding hydrogens is 316 g/mol. The van der Waals surface area contributed by atoms with Crippen molar-refractivity contribution in [3.05, 3.63) is 101 Å². The predicted molar refractivity (Wildman–Crippen MR) is 97.3 cm³/mol. The SMILES string of the molecule is C=C(C(=O)c1ccccc1)/C(O)=C\C(=O)C(C)=C(O)c1ccccc1. The van der Waals surface area contributed by atoms with Gasteiger partial charge in [-0.3, -0.25) is 9.59 Å². The van der Waals surface area contributed by atoms with Gasteiger partial charge in [-0.2, -0.15) is 0 Å². The summed E-state index contributed by atoms with van der Waals surface area (Å²) in [6, 6.07) is 16.9. The van der Waals surface area contributed by atoms with Crippen molar-refractivity contribution >= 4 is 17.3 Å². The van der Waals surface area contributed by atoms with Crippen LogP contribution in [0.4, 0.5) is 0 Å². The molecule has 2 aromatic rings. The largest absolute Gasteiger partial charge is 0.507 e. The van der Waals surface area contributed by atoms with Crippen LogP contribution in [-0.4, -0.2) is 21.8 Å². The van der Waals surface area contributed by atoms with Crippen LogP contribution in [0.1, 0.15) is 22.8 Å². The Bertz CT molecular complexity index is 859. The maximum absolute atomic E-state index is 12.2. The minimum absolute atomic E-state index is 0.0534. The molecule has 0 saturated carbocycles. The number of hydrogen-bond donors (Lipinski definition) is 2. The minimum atomic E-state index is -0.610. The quantitative estimate of drug-likeness (QED) is 0.355. The van der Waals surface area contributed by atoms with Gasteiger partial charge in [-0.25, -0.2) is 0 Å². The highest BCUT2D eigenvalue weighted by atomic mass is 16.3. The van der Waals surface area contributed by atoms with Crippen molar-refractivity contribution in [3.8, 4) is 0 Å². The van der Waals surface area contributed by atoms with Gasteiger partial charge in [-0.1, -0.05) is 67.2 Å². The van der Waals surface area contributed by atoms with E-state index in [1.165, 1.54) is 6.92 Å². The molecule has 2 aromatic carbocycles. The number of Topliss-reactive ketones (excluding diaryl/α,β-unsaturated/α-hetero) is 1. The molecule has 2 N–H and O–H groups in total. The van der Waals surface area contributed by atoms with Gasteiger partial charge in [0, 0.05) is 22.8 Å². The fourth-order valence-electron chi connectivity index (χ4n) is 2.13. The van der Waals surface area contributed by atoms with Gasteiger partial charge in [-0.15, -0.1) is 0 Å². The molecule has 4 heteroatoms. The molecule has 0 radical (unpaired) electrons. The van der Waals surface area contributed by atoms with Crippen LogP contribution < -0.4 is 0 Å². The van der Waals surface area contributed by atoms with Crippen molar-refractivity contribution in [3.63, 3.8) is 0 Å². The topological polar surface area (TPSA) is 74.6 Å². The Kier molecular flexibility index (Phi) is 5.69. The van der Waals surface area contributed by atoms with Crippen LogP contribution in [0.25, 0.3) is 5.76 Å². The molecule has 126 valence electrons. The van der Waals surface area contributed by atoms with Crippen LogP contribution in [0.5, 0.6) is 0 Å². The summed E-state index contributed by atoms with van der Waals surface area (Å²) in [5.41, 5.74) is 0.712. The number of allylic oxidation sites excluding steroid dienone is 3. The lowest BCUT2D eigenvalue weighted by Crippen LogP contribution is -2.07. The van der Waals surface area contributed by atoms with Crippen molar-refractivity contribution in [1.82, 2.24) is 0 Å². The van der Waals surface area contributed by atoms with E-state index in [9.17, 15) is 19.8 Å². The Labute approximate surface area is 146 Å². The van der Waals surface area contributed by atoms with Gasteiger partial charge in [0.15, 0.2) is 11.6 Å². The number of hydrogen-bond acceptors (Lipinski definition) is 4. The number of benzene rings is 2. The Morgan fingerprint density at radius 3 is 1.88 bits per heavy atom. The highest BCUT2D eigenvalue weighted by Gasteiger charge is 2.16. The lowest BCUT2D eigenvalue weighted by Gasteiger charge is -2.06. The molecule has 4 nitrogen and oxygen atoms in total. The molecule has 0 spiro atoms. The average molecular weight is 334 g/mol. The Balaban J connectivity index is 2.22. The van der Waals surface area contributed by atoms with Crippen LogP contribution in [0.15, 0.2) is 90.2 Å². The molecule has 25 heavy (non-hydrogen) atoms. The summed E-state index contributed by atoms with van der Waals surface area (Å²) < 4.78 is 0. The zero-order chi connectivity index (χ0) is 18.4. The maximum Gasteiger partial charge on any atom is 0.196 e. The highest BCUT2D eigenvalue weighted by Crippen LogP contribution is 2.18. The van der Waals surface area contributed by atoms with Gasteiger partial charge >= 0.3 is 0 Å². The summed E-state index contributed by atoms with van der Waals surface area (Å²) in [4.78, 5) is 24.4. The number of carbonyl (C=O) groups is 2. The van der Waals surface area contributed by atoms with Crippen molar-refractivity contribution < 1.29 is 19.8 Å². The van der Waals surface area contributed by atoms with Crippen LogP contribution >= 0.6 is 0 Å². The van der Waals surface area contributed by atoms with Gasteiger partial charge in [-0.05, 0) is 6.92 Å². The average Bonchev–Trinajstić information content (AvgIpc) is 2.66. The van der Waals surface area contributed by atoms with Crippen molar-refractivity contribution in [2.24, 2.45) is 0 Å². The molecule has 0 unspecified atom stereocenters. The van der Waals surface area contributed by atoms with E-state index in [1.807, 2.05) is 0 Å². The molecule has 0 saturated heterocycles. The van der Waals surface area contributed by atoms with Crippen molar-refractivity contribution in [2.75, 3.05) is 0 Å². The van der Waals surface area contributed by atoms with E-state index < -0.39 is 17.3 Å². The van der Waals surface area contributed by atoms with E-state index >= 15 is 0 Å². The van der Waals surface area contributed by atoms with E-state index in [4.69, 9.17) is 0 Å². The molecular formula is C21H18O4. The molecule has 0 atom stereocenters. The zero-order valence-corrected chi connectivity index (χ0v) is 13.8. The predicted octanol–water partition coefficient (Wildman–Crippen LogP) is 4.43. The van der Waals surface area contributed by atoms with Gasteiger partial charge < -0.3 is 10.2 Å². The summed E-state index contributed by atoms with van der Waals surface area (Å²) in [6.07, 6.45) is 0.887. The standard InChI is InChI=1S/C21H18O4/c1-14(20(24)16-9-5-3-6-10-16)18(22)13-19(23)15(2)21(25)17-11-7-4-8-12-17/h3-13,22,25H,1H2,2H3/b18-13+,21-15?. The lowest BCUT2D eigenvalue weighted by molar-refractivity contribution is -0.111. The molecule has 0 heterocycles. The molecule has 0 aromatic heterocycles. The van der Waals surface area contributed by atoms with Crippen molar-refractivity contribution in [1.29, 1.82) is 0 Å². The summed E-state index contributed by atoms with van der Waals surface area (Å²) in [5, 5.41) is 20.2. The molecule has 2 rings (SSSR count). The first-order valence-electron chi connectivity index (χ1n) is 7.61. The molecule has 0 aliphatic carbocycles. The smallest absolute Gasteiger partial charge is 0.196 e. The monoisotopic (exact) mass is 334 g/mol. The first kappa shape index (κ1) is 17.9. The van der Waals surface area contributed by atoms with Gasteiger partial charge in [0.05, 0.1) is 5.57 Å². The highest BCUT2D eigenvalue weighted by molar-refractivity contribution is 6.13. The second-order valence-electron chi connectivity index (χ2n) is 5.41. The first-order chi connectivity index (χ1) is 11.9. The van der Waals surface area contributed by atoms with Crippen LogP contribution in [-0.2, 0) is 4.79 Å². The van der Waals surface area contributed by atoms with Gasteiger partial charge in [0.25, 0.3) is 0 Å². The second-order valence-corrected chi connectivity index (χ2v) is 5.41. The van der Waals surface area contributed by atoms with Gasteiger partial charge in [0.1, 0.15) is 11.5 Å². The van der Waals surface area contributed by atoms with E-state index in [0.717, 1.165) is 6.08 Å². The van der Waals surface area contributed by atoms with E-state index in [1.54, 1.807) is 60.7 Å². The summed E-state index contributed by atoms with van der Waals surface area (Å²) >= 11 is 0. The third-order valence-corrected chi connectivity index (χ3v) is 3.66. The van der Waals surface area contributed by atoms with E-state index in [-0.39, 0.29) is 16.9 Å². The Morgan fingerprint density at radius 1 is 0.880 bits per heavy atom. The number of rotatable bonds is 6. The first-order valence-corrected chi connectivity index (χ1v) is 7.61. The Hall–Kier alpha value is -3.40. The summed E-state index contributed by atoms with van der Waals surface area (Å²) in [5.74, 6) is -1.80. The number of aliphatic hydroxyl groups is 2. The zero-order valence-electron chi connectivity index (χ0n) is 13.8. The second kappa shape index (κ2) is 7.93. The normalized spacial score (nSPS) is 12.3. The number of aliphatic hydroxyl groups excluding tert-OH is 2. The summed E-state index contributed by atoms with van der Waals surface area (Å²) in [6.45, 7) is 4.99. The fourth-order valence-corrected chi connectivity index (χ4v) is 2.13. The number of carbonyl (C=O) groups excluding carboxylic acids is 2. The third kappa shape index (κ3) is 4.32. The maximum atomic E-state index is 12.2. The van der Waals surface area contributed by atoms with Crippen LogP contribution in [0, 0.1) is 0 Å². The lowest BCUT2D eigenvalue weighted by atomic mass is 10.0. The molecule has 0 amide bonds. The Morgan fingerprint density at radius 2 is 1.36 bits per heavy atom. The molecule has 0 aliphatic rings. The van der Waals surface area contributed by atoms with Crippen LogP contribution in [0.3, 0.4) is 0 Å². The van der Waals surface area contributed by atoms with Crippen LogP contribution in [0.2, 0.25) is 0 Å². The molecule has 0 bridgehead atoms. The molecule has 0 aliphatic heterocycles. The molecule has 0 fully saturated rings. The minimum Gasteiger partial charge on any atom is -0.507 e. The third-order valence-electron chi connectivity index (χ3n) is 3.66. The summed E-state index contributed by atoms with van der Waals surface area (Å²) in [7, 11) is 0. The fraction of sp³-hybridized carbons (Fsp3) is 0.0476. The van der Waals surface area contributed by atoms with Crippen molar-refractivity contribution in [2.45, 2.75) is 6.92 Å². The number of ketones is 2.